The van der Waals surface area contributed by atoms with Crippen LogP contribution in [0.25, 0.3) is 0 Å². The predicted octanol–water partition coefficient (Wildman–Crippen LogP) is 1.90. The van der Waals surface area contributed by atoms with E-state index in [9.17, 15) is 4.79 Å². The van der Waals surface area contributed by atoms with Crippen molar-refractivity contribution in [3.63, 3.8) is 0 Å². The van der Waals surface area contributed by atoms with Gasteiger partial charge in [-0.1, -0.05) is 13.8 Å². The summed E-state index contributed by atoms with van der Waals surface area (Å²) in [5, 5.41) is 17.4. The van der Waals surface area contributed by atoms with Gasteiger partial charge >= 0.3 is 5.97 Å². The fraction of sp³-hybridized carbons (Fsp3) is 0.615. The average Bonchev–Trinajstić information content (AvgIpc) is 2.39. The summed E-state index contributed by atoms with van der Waals surface area (Å²) in [6, 6.07) is 3.97. The van der Waals surface area contributed by atoms with E-state index in [0.29, 0.717) is 18.8 Å². The van der Waals surface area contributed by atoms with Gasteiger partial charge in [-0.3, -0.25) is 4.79 Å². The molecule has 0 saturated carbocycles. The molecule has 1 aromatic rings. The molecular weight excluding hydrogens is 230 g/mol. The molecule has 2 heterocycles. The van der Waals surface area contributed by atoms with Gasteiger partial charge in [0.15, 0.2) is 5.82 Å². The number of nitrogens with zero attached hydrogens (tertiary/aromatic N) is 3. The van der Waals surface area contributed by atoms with Crippen molar-refractivity contribution in [1.29, 1.82) is 0 Å². The molecule has 0 aliphatic carbocycles. The Morgan fingerprint density at radius 1 is 1.33 bits per heavy atom. The van der Waals surface area contributed by atoms with Crippen LogP contribution in [0.4, 0.5) is 5.82 Å². The minimum atomic E-state index is -0.684. The van der Waals surface area contributed by atoms with Crippen LogP contribution in [0.15, 0.2) is 12.1 Å². The second-order valence-electron chi connectivity index (χ2n) is 5.07. The lowest BCUT2D eigenvalue weighted by Crippen LogP contribution is -2.36. The summed E-state index contributed by atoms with van der Waals surface area (Å²) in [6.45, 7) is 5.66. The molecule has 98 valence electrons. The number of hydrogen-bond donors (Lipinski definition) is 1. The number of carboxylic acid groups (broad SMARTS) is 1. The molecule has 1 aromatic heterocycles. The molecule has 0 amide bonds. The van der Waals surface area contributed by atoms with Gasteiger partial charge in [-0.15, -0.1) is 5.10 Å². The Bertz CT molecular complexity index is 409. The SMILES string of the molecule is CC(C)c1ccc(N2CCC(C(=O)O)CC2)nn1. The van der Waals surface area contributed by atoms with Crippen molar-refractivity contribution >= 4 is 11.8 Å². The zero-order valence-electron chi connectivity index (χ0n) is 10.8. The van der Waals surface area contributed by atoms with Crippen molar-refractivity contribution in [2.75, 3.05) is 18.0 Å². The van der Waals surface area contributed by atoms with Crippen molar-refractivity contribution < 1.29 is 9.90 Å². The van der Waals surface area contributed by atoms with E-state index >= 15 is 0 Å². The molecule has 1 fully saturated rings. The van der Waals surface area contributed by atoms with Gasteiger partial charge in [0.25, 0.3) is 0 Å². The second-order valence-corrected chi connectivity index (χ2v) is 5.07. The molecule has 0 atom stereocenters. The summed E-state index contributed by atoms with van der Waals surface area (Å²) in [7, 11) is 0. The number of anilines is 1. The predicted molar refractivity (Wildman–Crippen MR) is 68.7 cm³/mol. The minimum Gasteiger partial charge on any atom is -0.481 e. The lowest BCUT2D eigenvalue weighted by atomic mass is 9.97. The number of hydrogen-bond acceptors (Lipinski definition) is 4. The van der Waals surface area contributed by atoms with E-state index in [1.54, 1.807) is 0 Å². The van der Waals surface area contributed by atoms with E-state index in [0.717, 1.165) is 24.6 Å². The van der Waals surface area contributed by atoms with Crippen molar-refractivity contribution in [2.45, 2.75) is 32.6 Å². The summed E-state index contributed by atoms with van der Waals surface area (Å²) >= 11 is 0. The Balaban J connectivity index is 1.99. The van der Waals surface area contributed by atoms with Gasteiger partial charge in [-0.2, -0.15) is 5.10 Å². The smallest absolute Gasteiger partial charge is 0.306 e. The van der Waals surface area contributed by atoms with Crippen molar-refractivity contribution in [1.82, 2.24) is 10.2 Å². The van der Waals surface area contributed by atoms with E-state index in [4.69, 9.17) is 5.11 Å². The van der Waals surface area contributed by atoms with Crippen LogP contribution in [-0.4, -0.2) is 34.4 Å². The van der Waals surface area contributed by atoms with Gasteiger partial charge in [0.1, 0.15) is 0 Å². The number of carbonyl (C=O) groups is 1. The quantitative estimate of drug-likeness (QED) is 0.886. The monoisotopic (exact) mass is 249 g/mol. The van der Waals surface area contributed by atoms with E-state index in [2.05, 4.69) is 28.9 Å². The van der Waals surface area contributed by atoms with Crippen LogP contribution in [0, 0.1) is 5.92 Å². The normalized spacial score (nSPS) is 17.2. The Kier molecular flexibility index (Phi) is 3.79. The van der Waals surface area contributed by atoms with Crippen LogP contribution in [0.5, 0.6) is 0 Å². The van der Waals surface area contributed by atoms with Crippen molar-refractivity contribution in [3.05, 3.63) is 17.8 Å². The lowest BCUT2D eigenvalue weighted by molar-refractivity contribution is -0.142. The summed E-state index contributed by atoms with van der Waals surface area (Å²) in [5.41, 5.74) is 0.985. The first-order chi connectivity index (χ1) is 8.58. The summed E-state index contributed by atoms with van der Waals surface area (Å²) in [5.74, 6) is 0.340. The van der Waals surface area contributed by atoms with Gasteiger partial charge in [0, 0.05) is 13.1 Å². The maximum absolute atomic E-state index is 10.9. The summed E-state index contributed by atoms with van der Waals surface area (Å²) in [4.78, 5) is 13.0. The third-order valence-electron chi connectivity index (χ3n) is 3.43. The van der Waals surface area contributed by atoms with Crippen molar-refractivity contribution in [2.24, 2.45) is 5.92 Å². The molecule has 0 unspecified atom stereocenters. The molecule has 1 aliphatic rings. The molecule has 1 aliphatic heterocycles. The zero-order chi connectivity index (χ0) is 13.1. The highest BCUT2D eigenvalue weighted by Gasteiger charge is 2.25. The fourth-order valence-electron chi connectivity index (χ4n) is 2.17. The molecule has 2 rings (SSSR count). The molecule has 1 saturated heterocycles. The maximum atomic E-state index is 10.9. The van der Waals surface area contributed by atoms with Gasteiger partial charge in [0.2, 0.25) is 0 Å². The number of aromatic nitrogens is 2. The lowest BCUT2D eigenvalue weighted by Gasteiger charge is -2.30. The maximum Gasteiger partial charge on any atom is 0.306 e. The van der Waals surface area contributed by atoms with Crippen LogP contribution >= 0.6 is 0 Å². The fourth-order valence-corrected chi connectivity index (χ4v) is 2.17. The Hall–Kier alpha value is -1.65. The standard InChI is InChI=1S/C13H19N3O2/c1-9(2)11-3-4-12(15-14-11)16-7-5-10(6-8-16)13(17)18/h3-4,9-10H,5-8H2,1-2H3,(H,17,18). The molecular formula is C13H19N3O2. The Morgan fingerprint density at radius 2 is 2.00 bits per heavy atom. The molecule has 0 spiro atoms. The number of rotatable bonds is 3. The number of aliphatic carboxylic acids is 1. The average molecular weight is 249 g/mol. The highest BCUT2D eigenvalue weighted by molar-refractivity contribution is 5.70. The minimum absolute atomic E-state index is 0.204. The van der Waals surface area contributed by atoms with Crippen LogP contribution in [0.3, 0.4) is 0 Å². The largest absolute Gasteiger partial charge is 0.481 e. The highest BCUT2D eigenvalue weighted by Crippen LogP contribution is 2.22. The first kappa shape index (κ1) is 12.8. The Labute approximate surface area is 107 Å². The molecule has 5 nitrogen and oxygen atoms in total. The van der Waals surface area contributed by atoms with Crippen molar-refractivity contribution in [3.8, 4) is 0 Å². The molecule has 0 radical (unpaired) electrons. The molecule has 0 aromatic carbocycles. The summed E-state index contributed by atoms with van der Waals surface area (Å²) < 4.78 is 0. The number of carboxylic acids is 1. The van der Waals surface area contributed by atoms with Gasteiger partial charge in [-0.25, -0.2) is 0 Å². The zero-order valence-corrected chi connectivity index (χ0v) is 10.8. The van der Waals surface area contributed by atoms with E-state index < -0.39 is 5.97 Å². The van der Waals surface area contributed by atoms with Gasteiger partial charge < -0.3 is 10.0 Å². The summed E-state index contributed by atoms with van der Waals surface area (Å²) in [6.07, 6.45) is 1.37. The molecule has 18 heavy (non-hydrogen) atoms. The third-order valence-corrected chi connectivity index (χ3v) is 3.43. The topological polar surface area (TPSA) is 66.3 Å². The third kappa shape index (κ3) is 2.78. The van der Waals surface area contributed by atoms with Crippen LogP contribution in [0.1, 0.15) is 38.3 Å². The first-order valence-corrected chi connectivity index (χ1v) is 6.39. The van der Waals surface area contributed by atoms with Gasteiger partial charge in [-0.05, 0) is 30.9 Å². The van der Waals surface area contributed by atoms with E-state index in [1.165, 1.54) is 0 Å². The highest BCUT2D eigenvalue weighted by atomic mass is 16.4. The van der Waals surface area contributed by atoms with Crippen LogP contribution in [-0.2, 0) is 4.79 Å². The molecule has 0 bridgehead atoms. The molecule has 1 N–H and O–H groups in total. The second kappa shape index (κ2) is 5.33. The first-order valence-electron chi connectivity index (χ1n) is 6.39. The van der Waals surface area contributed by atoms with Crippen LogP contribution in [0.2, 0.25) is 0 Å². The van der Waals surface area contributed by atoms with Gasteiger partial charge in [0.05, 0.1) is 11.6 Å². The van der Waals surface area contributed by atoms with E-state index in [-0.39, 0.29) is 5.92 Å². The van der Waals surface area contributed by atoms with E-state index in [1.807, 2.05) is 12.1 Å². The molecule has 5 heteroatoms. The number of piperidine rings is 1. The Morgan fingerprint density at radius 3 is 2.44 bits per heavy atom. The van der Waals surface area contributed by atoms with Crippen LogP contribution < -0.4 is 4.90 Å².